The first-order chi connectivity index (χ1) is 9.25. The molecule has 3 heterocycles. The normalized spacial score (nSPS) is 20.3. The average molecular weight is 256 g/mol. The van der Waals surface area contributed by atoms with Crippen molar-refractivity contribution in [1.82, 2.24) is 20.1 Å². The van der Waals surface area contributed by atoms with E-state index in [9.17, 15) is 0 Å². The van der Waals surface area contributed by atoms with Gasteiger partial charge in [-0.15, -0.1) is 0 Å². The Morgan fingerprint density at radius 2 is 2.21 bits per heavy atom. The quantitative estimate of drug-likeness (QED) is 0.918. The van der Waals surface area contributed by atoms with Crippen molar-refractivity contribution in [2.75, 3.05) is 6.54 Å². The van der Waals surface area contributed by atoms with E-state index in [1.54, 1.807) is 6.20 Å². The molecule has 1 fully saturated rings. The minimum absolute atomic E-state index is 0.532. The summed E-state index contributed by atoms with van der Waals surface area (Å²) in [5.41, 5.74) is 3.33. The van der Waals surface area contributed by atoms with Crippen LogP contribution in [0.3, 0.4) is 0 Å². The third kappa shape index (κ3) is 2.40. The van der Waals surface area contributed by atoms with Gasteiger partial charge in [0.2, 0.25) is 0 Å². The van der Waals surface area contributed by atoms with Crippen LogP contribution in [0.25, 0.3) is 11.4 Å². The molecule has 3 rings (SSSR count). The first-order valence-corrected chi connectivity index (χ1v) is 6.97. The Kier molecular flexibility index (Phi) is 3.34. The van der Waals surface area contributed by atoms with E-state index in [2.05, 4.69) is 46.1 Å². The molecule has 1 saturated heterocycles. The Bertz CT molecular complexity index is 533. The summed E-state index contributed by atoms with van der Waals surface area (Å²) in [6.07, 6.45) is 6.19. The smallest absolute Gasteiger partial charge is 0.0883 e. The standard InChI is InChI=1S/C15H20N4/c1-11(2)19-9-3-4-15(19)12-5-7-16-14(10-12)13-6-8-17-18-13/h5-8,10-11,15H,3-4,9H2,1-2H3,(H,17,18). The van der Waals surface area contributed by atoms with Crippen LogP contribution in [0.2, 0.25) is 0 Å². The minimum Gasteiger partial charge on any atom is -0.294 e. The van der Waals surface area contributed by atoms with E-state index in [0.29, 0.717) is 12.1 Å². The van der Waals surface area contributed by atoms with Crippen molar-refractivity contribution in [3.05, 3.63) is 36.2 Å². The summed E-state index contributed by atoms with van der Waals surface area (Å²) in [6, 6.07) is 7.42. The molecule has 2 aromatic rings. The molecule has 0 aliphatic carbocycles. The largest absolute Gasteiger partial charge is 0.294 e. The Morgan fingerprint density at radius 1 is 1.32 bits per heavy atom. The number of H-pyrrole nitrogens is 1. The predicted molar refractivity (Wildman–Crippen MR) is 75.6 cm³/mol. The number of hydrogen-bond acceptors (Lipinski definition) is 3. The number of nitrogens with zero attached hydrogens (tertiary/aromatic N) is 3. The van der Waals surface area contributed by atoms with E-state index in [1.807, 2.05) is 12.3 Å². The molecule has 1 unspecified atom stereocenters. The fraction of sp³-hybridized carbons (Fsp3) is 0.467. The van der Waals surface area contributed by atoms with E-state index >= 15 is 0 Å². The summed E-state index contributed by atoms with van der Waals surface area (Å²) in [6.45, 7) is 5.74. The van der Waals surface area contributed by atoms with Gasteiger partial charge in [0, 0.05) is 24.5 Å². The topological polar surface area (TPSA) is 44.8 Å². The lowest BCUT2D eigenvalue weighted by Crippen LogP contribution is -2.30. The third-order valence-corrected chi connectivity index (χ3v) is 3.90. The summed E-state index contributed by atoms with van der Waals surface area (Å²) in [7, 11) is 0. The monoisotopic (exact) mass is 256 g/mol. The number of pyridine rings is 1. The zero-order valence-corrected chi connectivity index (χ0v) is 11.5. The molecule has 2 aromatic heterocycles. The SMILES string of the molecule is CC(C)N1CCCC1c1ccnc(-c2ccn[nH]2)c1. The van der Waals surface area contributed by atoms with Crippen LogP contribution in [-0.2, 0) is 0 Å². The van der Waals surface area contributed by atoms with Gasteiger partial charge in [-0.05, 0) is 57.0 Å². The van der Waals surface area contributed by atoms with Gasteiger partial charge in [0.05, 0.1) is 11.4 Å². The van der Waals surface area contributed by atoms with Crippen LogP contribution in [0.15, 0.2) is 30.6 Å². The number of hydrogen-bond donors (Lipinski definition) is 1. The lowest BCUT2D eigenvalue weighted by atomic mass is 10.0. The van der Waals surface area contributed by atoms with Crippen molar-refractivity contribution in [2.45, 2.75) is 38.8 Å². The van der Waals surface area contributed by atoms with Crippen LogP contribution in [0.1, 0.15) is 38.3 Å². The highest BCUT2D eigenvalue weighted by Crippen LogP contribution is 2.34. The second kappa shape index (κ2) is 5.13. The van der Waals surface area contributed by atoms with Gasteiger partial charge >= 0.3 is 0 Å². The van der Waals surface area contributed by atoms with Crippen LogP contribution in [-0.4, -0.2) is 32.7 Å². The molecule has 1 aliphatic heterocycles. The highest BCUT2D eigenvalue weighted by molar-refractivity contribution is 5.54. The molecule has 1 atom stereocenters. The zero-order chi connectivity index (χ0) is 13.2. The number of nitrogens with one attached hydrogen (secondary N) is 1. The van der Waals surface area contributed by atoms with Gasteiger partial charge in [-0.3, -0.25) is 15.0 Å². The second-order valence-electron chi connectivity index (χ2n) is 5.43. The van der Waals surface area contributed by atoms with Gasteiger partial charge in [-0.1, -0.05) is 0 Å². The molecular weight excluding hydrogens is 236 g/mol. The van der Waals surface area contributed by atoms with Crippen molar-refractivity contribution >= 4 is 0 Å². The minimum atomic E-state index is 0.532. The van der Waals surface area contributed by atoms with E-state index in [1.165, 1.54) is 24.9 Å². The number of rotatable bonds is 3. The lowest BCUT2D eigenvalue weighted by molar-refractivity contribution is 0.205. The van der Waals surface area contributed by atoms with Gasteiger partial charge in [0.25, 0.3) is 0 Å². The lowest BCUT2D eigenvalue weighted by Gasteiger charge is -2.28. The Balaban J connectivity index is 1.91. The van der Waals surface area contributed by atoms with E-state index in [-0.39, 0.29) is 0 Å². The molecule has 0 spiro atoms. The van der Waals surface area contributed by atoms with Crippen LogP contribution in [0.5, 0.6) is 0 Å². The molecule has 0 saturated carbocycles. The maximum absolute atomic E-state index is 4.43. The molecule has 1 N–H and O–H groups in total. The molecule has 0 aromatic carbocycles. The molecule has 19 heavy (non-hydrogen) atoms. The van der Waals surface area contributed by atoms with Crippen molar-refractivity contribution in [3.63, 3.8) is 0 Å². The summed E-state index contributed by atoms with van der Waals surface area (Å²) in [4.78, 5) is 7.01. The Morgan fingerprint density at radius 3 is 2.95 bits per heavy atom. The van der Waals surface area contributed by atoms with Crippen LogP contribution >= 0.6 is 0 Å². The molecule has 1 aliphatic rings. The maximum atomic E-state index is 4.43. The summed E-state index contributed by atoms with van der Waals surface area (Å²) in [5, 5.41) is 6.97. The van der Waals surface area contributed by atoms with Crippen LogP contribution in [0.4, 0.5) is 0 Å². The highest BCUT2D eigenvalue weighted by Gasteiger charge is 2.27. The van der Waals surface area contributed by atoms with Crippen molar-refractivity contribution in [2.24, 2.45) is 0 Å². The summed E-state index contributed by atoms with van der Waals surface area (Å²) < 4.78 is 0. The van der Waals surface area contributed by atoms with Gasteiger partial charge < -0.3 is 0 Å². The van der Waals surface area contributed by atoms with Crippen LogP contribution < -0.4 is 0 Å². The molecule has 4 nitrogen and oxygen atoms in total. The zero-order valence-electron chi connectivity index (χ0n) is 11.5. The van der Waals surface area contributed by atoms with E-state index in [4.69, 9.17) is 0 Å². The fourth-order valence-electron chi connectivity index (χ4n) is 2.97. The third-order valence-electron chi connectivity index (χ3n) is 3.90. The first kappa shape index (κ1) is 12.4. The van der Waals surface area contributed by atoms with Gasteiger partial charge in [-0.2, -0.15) is 5.10 Å². The van der Waals surface area contributed by atoms with Crippen molar-refractivity contribution in [1.29, 1.82) is 0 Å². The Labute approximate surface area is 113 Å². The predicted octanol–water partition coefficient (Wildman–Crippen LogP) is 3.02. The first-order valence-electron chi connectivity index (χ1n) is 6.97. The van der Waals surface area contributed by atoms with E-state index < -0.39 is 0 Å². The molecule has 4 heteroatoms. The molecular formula is C15H20N4. The second-order valence-corrected chi connectivity index (χ2v) is 5.43. The average Bonchev–Trinajstić information content (AvgIpc) is 3.10. The summed E-state index contributed by atoms with van der Waals surface area (Å²) in [5.74, 6) is 0. The summed E-state index contributed by atoms with van der Waals surface area (Å²) >= 11 is 0. The molecule has 0 amide bonds. The van der Waals surface area contributed by atoms with Crippen LogP contribution in [0, 0.1) is 0 Å². The highest BCUT2D eigenvalue weighted by atomic mass is 15.2. The van der Waals surface area contributed by atoms with Gasteiger partial charge in [0.15, 0.2) is 0 Å². The van der Waals surface area contributed by atoms with Crippen molar-refractivity contribution in [3.8, 4) is 11.4 Å². The fourth-order valence-corrected chi connectivity index (χ4v) is 2.97. The molecule has 0 bridgehead atoms. The number of aromatic nitrogens is 3. The van der Waals surface area contributed by atoms with Crippen molar-refractivity contribution < 1.29 is 0 Å². The maximum Gasteiger partial charge on any atom is 0.0883 e. The van der Waals surface area contributed by atoms with Gasteiger partial charge in [0.1, 0.15) is 0 Å². The number of likely N-dealkylation sites (tertiary alicyclic amines) is 1. The molecule has 0 radical (unpaired) electrons. The Hall–Kier alpha value is -1.68. The van der Waals surface area contributed by atoms with E-state index in [0.717, 1.165) is 11.4 Å². The van der Waals surface area contributed by atoms with Gasteiger partial charge in [-0.25, -0.2) is 0 Å². The number of aromatic amines is 1. The molecule has 100 valence electrons.